The number of amides is 1. The van der Waals surface area contributed by atoms with E-state index >= 15 is 0 Å². The van der Waals surface area contributed by atoms with E-state index in [1.165, 1.54) is 0 Å². The standard InChI is InChI=1S/C15H15BrN2O3/c1-3-21-13-9-10(6-7-12(13)20-2)18-15(19)14-11(16)5-4-8-17-14/h4-9H,3H2,1-2H3,(H,18,19). The summed E-state index contributed by atoms with van der Waals surface area (Å²) in [4.78, 5) is 16.2. The van der Waals surface area contributed by atoms with Gasteiger partial charge in [-0.25, -0.2) is 4.98 Å². The lowest BCUT2D eigenvalue weighted by Crippen LogP contribution is -2.14. The molecule has 0 spiro atoms. The lowest BCUT2D eigenvalue weighted by molar-refractivity contribution is 0.102. The second kappa shape index (κ2) is 7.08. The monoisotopic (exact) mass is 350 g/mol. The molecule has 0 saturated heterocycles. The normalized spacial score (nSPS) is 10.0. The van der Waals surface area contributed by atoms with Crippen molar-refractivity contribution >= 4 is 27.5 Å². The summed E-state index contributed by atoms with van der Waals surface area (Å²) >= 11 is 3.30. The molecular weight excluding hydrogens is 336 g/mol. The third-order valence-corrected chi connectivity index (χ3v) is 3.33. The maximum Gasteiger partial charge on any atom is 0.275 e. The molecule has 1 aromatic carbocycles. The van der Waals surface area contributed by atoms with Crippen molar-refractivity contribution in [1.29, 1.82) is 0 Å². The molecule has 0 aliphatic rings. The molecule has 2 rings (SSSR count). The number of anilines is 1. The Kier molecular flexibility index (Phi) is 5.16. The Labute approximate surface area is 131 Å². The zero-order valence-corrected chi connectivity index (χ0v) is 13.3. The van der Waals surface area contributed by atoms with E-state index in [4.69, 9.17) is 9.47 Å². The van der Waals surface area contributed by atoms with Crippen molar-refractivity contribution in [2.75, 3.05) is 19.0 Å². The van der Waals surface area contributed by atoms with E-state index in [0.29, 0.717) is 34.0 Å². The van der Waals surface area contributed by atoms with Gasteiger partial charge in [0.15, 0.2) is 11.5 Å². The number of nitrogens with zero attached hydrogens (tertiary/aromatic N) is 1. The molecule has 1 aromatic heterocycles. The minimum atomic E-state index is -0.296. The summed E-state index contributed by atoms with van der Waals surface area (Å²) in [5.74, 6) is 0.904. The smallest absolute Gasteiger partial charge is 0.275 e. The SMILES string of the molecule is CCOc1cc(NC(=O)c2ncccc2Br)ccc1OC. The number of halogens is 1. The molecule has 0 unspecified atom stereocenters. The van der Waals surface area contributed by atoms with Crippen molar-refractivity contribution in [3.8, 4) is 11.5 Å². The molecule has 1 N–H and O–H groups in total. The summed E-state index contributed by atoms with van der Waals surface area (Å²) in [5, 5.41) is 2.78. The second-order valence-corrected chi connectivity index (χ2v) is 4.94. The molecule has 0 aliphatic heterocycles. The van der Waals surface area contributed by atoms with Crippen LogP contribution in [0, 0.1) is 0 Å². The van der Waals surface area contributed by atoms with Crippen molar-refractivity contribution in [2.24, 2.45) is 0 Å². The van der Waals surface area contributed by atoms with Crippen LogP contribution in [0.25, 0.3) is 0 Å². The van der Waals surface area contributed by atoms with Gasteiger partial charge in [-0.3, -0.25) is 4.79 Å². The molecule has 0 bridgehead atoms. The Morgan fingerprint density at radius 3 is 2.81 bits per heavy atom. The summed E-state index contributed by atoms with van der Waals surface area (Å²) < 4.78 is 11.3. The lowest BCUT2D eigenvalue weighted by Gasteiger charge is -2.12. The van der Waals surface area contributed by atoms with Gasteiger partial charge in [0.25, 0.3) is 5.91 Å². The van der Waals surface area contributed by atoms with Gasteiger partial charge in [-0.2, -0.15) is 0 Å². The number of nitrogens with one attached hydrogen (secondary N) is 1. The first kappa shape index (κ1) is 15.3. The van der Waals surface area contributed by atoms with Gasteiger partial charge in [0, 0.05) is 22.4 Å². The molecule has 0 saturated carbocycles. The van der Waals surface area contributed by atoms with Crippen LogP contribution in [0.1, 0.15) is 17.4 Å². The Morgan fingerprint density at radius 1 is 1.33 bits per heavy atom. The summed E-state index contributed by atoms with van der Waals surface area (Å²) in [6.07, 6.45) is 1.57. The molecular formula is C15H15BrN2O3. The molecule has 0 aliphatic carbocycles. The van der Waals surface area contributed by atoms with Crippen molar-refractivity contribution < 1.29 is 14.3 Å². The molecule has 2 aromatic rings. The van der Waals surface area contributed by atoms with Gasteiger partial charge in [0.05, 0.1) is 13.7 Å². The maximum atomic E-state index is 12.2. The minimum absolute atomic E-state index is 0.296. The number of aromatic nitrogens is 1. The number of benzene rings is 1. The largest absolute Gasteiger partial charge is 0.493 e. The van der Waals surface area contributed by atoms with Crippen LogP contribution in [0.4, 0.5) is 5.69 Å². The lowest BCUT2D eigenvalue weighted by atomic mass is 10.2. The van der Waals surface area contributed by atoms with E-state index < -0.39 is 0 Å². The van der Waals surface area contributed by atoms with Crippen LogP contribution in [0.15, 0.2) is 41.0 Å². The fourth-order valence-electron chi connectivity index (χ4n) is 1.77. The van der Waals surface area contributed by atoms with E-state index in [-0.39, 0.29) is 5.91 Å². The summed E-state index contributed by atoms with van der Waals surface area (Å²) in [6.45, 7) is 2.40. The van der Waals surface area contributed by atoms with Crippen LogP contribution in [-0.4, -0.2) is 24.6 Å². The Bertz CT molecular complexity index is 647. The zero-order valence-electron chi connectivity index (χ0n) is 11.7. The molecule has 6 heteroatoms. The quantitative estimate of drug-likeness (QED) is 0.896. The maximum absolute atomic E-state index is 12.2. The summed E-state index contributed by atoms with van der Waals surface area (Å²) in [5.41, 5.74) is 0.938. The van der Waals surface area contributed by atoms with Crippen molar-refractivity contribution in [3.05, 3.63) is 46.7 Å². The highest BCUT2D eigenvalue weighted by Crippen LogP contribution is 2.30. The van der Waals surface area contributed by atoms with E-state index in [2.05, 4.69) is 26.2 Å². The molecule has 0 fully saturated rings. The average Bonchev–Trinajstić information content (AvgIpc) is 2.48. The average molecular weight is 351 g/mol. The third kappa shape index (κ3) is 3.72. The van der Waals surface area contributed by atoms with Gasteiger partial charge in [-0.05, 0) is 47.1 Å². The first-order valence-electron chi connectivity index (χ1n) is 6.38. The minimum Gasteiger partial charge on any atom is -0.493 e. The Balaban J connectivity index is 2.21. The number of carbonyl (C=O) groups is 1. The molecule has 21 heavy (non-hydrogen) atoms. The molecule has 110 valence electrons. The van der Waals surface area contributed by atoms with Crippen LogP contribution >= 0.6 is 15.9 Å². The van der Waals surface area contributed by atoms with E-state index in [9.17, 15) is 4.79 Å². The molecule has 5 nitrogen and oxygen atoms in total. The van der Waals surface area contributed by atoms with Gasteiger partial charge < -0.3 is 14.8 Å². The molecule has 1 amide bonds. The Morgan fingerprint density at radius 2 is 2.14 bits per heavy atom. The number of hydrogen-bond donors (Lipinski definition) is 1. The second-order valence-electron chi connectivity index (χ2n) is 4.09. The first-order chi connectivity index (χ1) is 10.2. The van der Waals surface area contributed by atoms with Gasteiger partial charge in [0.2, 0.25) is 0 Å². The highest BCUT2D eigenvalue weighted by Gasteiger charge is 2.13. The number of rotatable bonds is 5. The van der Waals surface area contributed by atoms with Crippen molar-refractivity contribution in [1.82, 2.24) is 4.98 Å². The van der Waals surface area contributed by atoms with Crippen LogP contribution in [0.2, 0.25) is 0 Å². The van der Waals surface area contributed by atoms with Gasteiger partial charge in [0.1, 0.15) is 5.69 Å². The predicted octanol–water partition coefficient (Wildman–Crippen LogP) is 3.50. The predicted molar refractivity (Wildman–Crippen MR) is 84.1 cm³/mol. The fourth-order valence-corrected chi connectivity index (χ4v) is 2.20. The van der Waals surface area contributed by atoms with Crippen LogP contribution in [0.3, 0.4) is 0 Å². The van der Waals surface area contributed by atoms with E-state index in [0.717, 1.165) is 0 Å². The van der Waals surface area contributed by atoms with Crippen LogP contribution in [-0.2, 0) is 0 Å². The van der Waals surface area contributed by atoms with Crippen molar-refractivity contribution in [2.45, 2.75) is 6.92 Å². The van der Waals surface area contributed by atoms with E-state index in [1.54, 1.807) is 43.6 Å². The molecule has 0 radical (unpaired) electrons. The molecule has 0 atom stereocenters. The van der Waals surface area contributed by atoms with Gasteiger partial charge in [-0.15, -0.1) is 0 Å². The van der Waals surface area contributed by atoms with Gasteiger partial charge in [-0.1, -0.05) is 0 Å². The Hall–Kier alpha value is -2.08. The van der Waals surface area contributed by atoms with Crippen LogP contribution < -0.4 is 14.8 Å². The summed E-state index contributed by atoms with van der Waals surface area (Å²) in [7, 11) is 1.57. The highest BCUT2D eigenvalue weighted by molar-refractivity contribution is 9.10. The highest BCUT2D eigenvalue weighted by atomic mass is 79.9. The fraction of sp³-hybridized carbons (Fsp3) is 0.200. The number of hydrogen-bond acceptors (Lipinski definition) is 4. The first-order valence-corrected chi connectivity index (χ1v) is 7.17. The van der Waals surface area contributed by atoms with Crippen LogP contribution in [0.5, 0.6) is 11.5 Å². The number of methoxy groups -OCH3 is 1. The topological polar surface area (TPSA) is 60.5 Å². The number of carbonyl (C=O) groups excluding carboxylic acids is 1. The van der Waals surface area contributed by atoms with E-state index in [1.807, 2.05) is 6.92 Å². The third-order valence-electron chi connectivity index (χ3n) is 2.69. The number of pyridine rings is 1. The van der Waals surface area contributed by atoms with Crippen molar-refractivity contribution in [3.63, 3.8) is 0 Å². The number of ether oxygens (including phenoxy) is 2. The summed E-state index contributed by atoms with van der Waals surface area (Å²) in [6, 6.07) is 8.73. The zero-order chi connectivity index (χ0) is 15.2. The van der Waals surface area contributed by atoms with Gasteiger partial charge >= 0.3 is 0 Å². The molecule has 1 heterocycles.